The van der Waals surface area contributed by atoms with Gasteiger partial charge in [0.05, 0.1) is 13.3 Å². The predicted octanol–water partition coefficient (Wildman–Crippen LogP) is 0.648. The number of anilines is 1. The van der Waals surface area contributed by atoms with Crippen LogP contribution in [0.5, 0.6) is 5.75 Å². The summed E-state index contributed by atoms with van der Waals surface area (Å²) in [6.07, 6.45) is 1.21. The number of carboxylic acids is 1. The molecule has 0 fully saturated rings. The van der Waals surface area contributed by atoms with Gasteiger partial charge in [-0.15, -0.1) is 5.10 Å². The number of aromatic carboxylic acids is 1. The maximum Gasteiger partial charge on any atom is 0.358 e. The van der Waals surface area contributed by atoms with E-state index in [1.54, 1.807) is 38.4 Å². The molecule has 0 aliphatic heterocycles. The van der Waals surface area contributed by atoms with Crippen LogP contribution in [0.4, 0.5) is 5.69 Å². The Labute approximate surface area is 120 Å². The van der Waals surface area contributed by atoms with Crippen molar-refractivity contribution in [3.63, 3.8) is 0 Å². The second kappa shape index (κ2) is 6.04. The van der Waals surface area contributed by atoms with Crippen molar-refractivity contribution in [3.05, 3.63) is 36.2 Å². The number of hydrogen-bond donors (Lipinski definition) is 1. The summed E-state index contributed by atoms with van der Waals surface area (Å²) >= 11 is 0. The van der Waals surface area contributed by atoms with Crippen LogP contribution in [0.2, 0.25) is 0 Å². The second-order valence-electron chi connectivity index (χ2n) is 4.26. The topological polar surface area (TPSA) is 97.5 Å². The van der Waals surface area contributed by atoms with Gasteiger partial charge in [0.25, 0.3) is 0 Å². The highest BCUT2D eigenvalue weighted by molar-refractivity contribution is 5.93. The van der Waals surface area contributed by atoms with Gasteiger partial charge in [-0.05, 0) is 12.1 Å². The zero-order valence-electron chi connectivity index (χ0n) is 11.6. The molecular formula is C13H14N4O4. The smallest absolute Gasteiger partial charge is 0.358 e. The van der Waals surface area contributed by atoms with Crippen molar-refractivity contribution < 1.29 is 19.4 Å². The van der Waals surface area contributed by atoms with Crippen LogP contribution in [0.1, 0.15) is 10.5 Å². The maximum absolute atomic E-state index is 12.1. The SMILES string of the molecule is COc1cccc(N(C)C(=O)Cn2cc(C(=O)O)nn2)c1. The third-order valence-corrected chi connectivity index (χ3v) is 2.87. The normalized spacial score (nSPS) is 10.2. The number of nitrogens with zero attached hydrogens (tertiary/aromatic N) is 4. The van der Waals surface area contributed by atoms with Crippen molar-refractivity contribution in [2.24, 2.45) is 0 Å². The van der Waals surface area contributed by atoms with Crippen LogP contribution in [0.15, 0.2) is 30.5 Å². The predicted molar refractivity (Wildman–Crippen MR) is 73.4 cm³/mol. The van der Waals surface area contributed by atoms with Gasteiger partial charge in [0.15, 0.2) is 5.69 Å². The van der Waals surface area contributed by atoms with Crippen molar-refractivity contribution in [2.75, 3.05) is 19.1 Å². The molecule has 0 bridgehead atoms. The first-order valence-corrected chi connectivity index (χ1v) is 6.05. The van der Waals surface area contributed by atoms with E-state index in [0.717, 1.165) is 0 Å². The van der Waals surface area contributed by atoms with E-state index in [4.69, 9.17) is 9.84 Å². The monoisotopic (exact) mass is 290 g/mol. The molecule has 1 aromatic carbocycles. The molecule has 0 radical (unpaired) electrons. The number of rotatable bonds is 5. The number of amides is 1. The number of benzene rings is 1. The van der Waals surface area contributed by atoms with Crippen LogP contribution in [0.3, 0.4) is 0 Å². The molecule has 21 heavy (non-hydrogen) atoms. The Morgan fingerprint density at radius 1 is 1.43 bits per heavy atom. The number of carboxylic acid groups (broad SMARTS) is 1. The highest BCUT2D eigenvalue weighted by Crippen LogP contribution is 2.20. The van der Waals surface area contributed by atoms with Crippen LogP contribution >= 0.6 is 0 Å². The largest absolute Gasteiger partial charge is 0.497 e. The maximum atomic E-state index is 12.1. The zero-order chi connectivity index (χ0) is 15.4. The molecule has 8 nitrogen and oxygen atoms in total. The van der Waals surface area contributed by atoms with Gasteiger partial charge in [0.1, 0.15) is 12.3 Å². The van der Waals surface area contributed by atoms with E-state index in [-0.39, 0.29) is 18.1 Å². The lowest BCUT2D eigenvalue weighted by Crippen LogP contribution is -2.30. The minimum Gasteiger partial charge on any atom is -0.497 e. The van der Waals surface area contributed by atoms with Gasteiger partial charge < -0.3 is 14.7 Å². The Morgan fingerprint density at radius 2 is 2.19 bits per heavy atom. The quantitative estimate of drug-likeness (QED) is 0.868. The molecule has 0 aliphatic carbocycles. The van der Waals surface area contributed by atoms with Crippen molar-refractivity contribution in [2.45, 2.75) is 6.54 Å². The molecule has 0 spiro atoms. The Kier molecular flexibility index (Phi) is 4.17. The molecule has 8 heteroatoms. The van der Waals surface area contributed by atoms with E-state index in [1.807, 2.05) is 0 Å². The summed E-state index contributed by atoms with van der Waals surface area (Å²) in [7, 11) is 3.16. The highest BCUT2D eigenvalue weighted by atomic mass is 16.5. The molecule has 0 saturated heterocycles. The number of methoxy groups -OCH3 is 1. The molecule has 2 rings (SSSR count). The fraction of sp³-hybridized carbons (Fsp3) is 0.231. The molecule has 1 heterocycles. The van der Waals surface area contributed by atoms with E-state index in [9.17, 15) is 9.59 Å². The van der Waals surface area contributed by atoms with Crippen molar-refractivity contribution in [1.82, 2.24) is 15.0 Å². The van der Waals surface area contributed by atoms with E-state index in [2.05, 4.69) is 10.3 Å². The first-order valence-electron chi connectivity index (χ1n) is 6.05. The number of likely N-dealkylation sites (N-methyl/N-ethyl adjacent to an activating group) is 1. The fourth-order valence-electron chi connectivity index (χ4n) is 1.68. The van der Waals surface area contributed by atoms with Crippen LogP contribution in [-0.4, -0.2) is 46.1 Å². The van der Waals surface area contributed by atoms with Crippen LogP contribution in [0, 0.1) is 0 Å². The van der Waals surface area contributed by atoms with Gasteiger partial charge in [-0.3, -0.25) is 4.79 Å². The average Bonchev–Trinajstić information content (AvgIpc) is 2.95. The first kappa shape index (κ1) is 14.5. The number of carbonyl (C=O) groups is 2. The molecule has 1 aromatic heterocycles. The molecule has 0 saturated carbocycles. The van der Waals surface area contributed by atoms with Crippen LogP contribution in [0.25, 0.3) is 0 Å². The number of ether oxygens (including phenoxy) is 1. The Morgan fingerprint density at radius 3 is 2.81 bits per heavy atom. The highest BCUT2D eigenvalue weighted by Gasteiger charge is 2.15. The van der Waals surface area contributed by atoms with Crippen molar-refractivity contribution >= 4 is 17.6 Å². The average molecular weight is 290 g/mol. The minimum absolute atomic E-state index is 0.103. The van der Waals surface area contributed by atoms with Gasteiger partial charge in [0, 0.05) is 18.8 Å². The summed E-state index contributed by atoms with van der Waals surface area (Å²) in [6, 6.07) is 7.04. The van der Waals surface area contributed by atoms with Crippen LogP contribution in [-0.2, 0) is 11.3 Å². The number of carbonyl (C=O) groups excluding carboxylic acids is 1. The van der Waals surface area contributed by atoms with Crippen LogP contribution < -0.4 is 9.64 Å². The van der Waals surface area contributed by atoms with E-state index in [0.29, 0.717) is 11.4 Å². The molecule has 1 amide bonds. The van der Waals surface area contributed by atoms with E-state index < -0.39 is 5.97 Å². The van der Waals surface area contributed by atoms with Gasteiger partial charge >= 0.3 is 5.97 Å². The van der Waals surface area contributed by atoms with Crippen molar-refractivity contribution in [3.8, 4) is 5.75 Å². The molecule has 2 aromatic rings. The fourth-order valence-corrected chi connectivity index (χ4v) is 1.68. The zero-order valence-corrected chi connectivity index (χ0v) is 11.6. The van der Waals surface area contributed by atoms with E-state index >= 15 is 0 Å². The molecule has 0 unspecified atom stereocenters. The number of aromatic nitrogens is 3. The third kappa shape index (κ3) is 3.35. The molecular weight excluding hydrogens is 276 g/mol. The van der Waals surface area contributed by atoms with Gasteiger partial charge in [-0.1, -0.05) is 11.3 Å². The third-order valence-electron chi connectivity index (χ3n) is 2.87. The summed E-state index contributed by atoms with van der Waals surface area (Å²) in [6.45, 7) is -0.103. The lowest BCUT2D eigenvalue weighted by molar-refractivity contribution is -0.119. The van der Waals surface area contributed by atoms with Gasteiger partial charge in [-0.25, -0.2) is 9.48 Å². The number of hydrogen-bond acceptors (Lipinski definition) is 5. The first-order chi connectivity index (χ1) is 10.0. The Balaban J connectivity index is 2.09. The minimum atomic E-state index is -1.19. The summed E-state index contributed by atoms with van der Waals surface area (Å²) in [5.41, 5.74) is 0.463. The van der Waals surface area contributed by atoms with Gasteiger partial charge in [-0.2, -0.15) is 0 Å². The molecule has 0 aliphatic rings. The Bertz CT molecular complexity index is 668. The second-order valence-corrected chi connectivity index (χ2v) is 4.26. The summed E-state index contributed by atoms with van der Waals surface area (Å²) in [5.74, 6) is -0.805. The lowest BCUT2D eigenvalue weighted by atomic mass is 10.2. The van der Waals surface area contributed by atoms with Crippen molar-refractivity contribution in [1.29, 1.82) is 0 Å². The van der Waals surface area contributed by atoms with E-state index in [1.165, 1.54) is 15.8 Å². The lowest BCUT2D eigenvalue weighted by Gasteiger charge is -2.17. The molecule has 110 valence electrons. The summed E-state index contributed by atoms with van der Waals surface area (Å²) < 4.78 is 6.28. The summed E-state index contributed by atoms with van der Waals surface area (Å²) in [5, 5.41) is 15.8. The molecule has 0 atom stereocenters. The molecule has 1 N–H and O–H groups in total. The summed E-state index contributed by atoms with van der Waals surface area (Å²) in [4.78, 5) is 24.3. The Hall–Kier alpha value is -2.90. The standard InChI is InChI=1S/C13H14N4O4/c1-16(9-4-3-5-10(6-9)21-2)12(18)8-17-7-11(13(19)20)14-15-17/h3-7H,8H2,1-2H3,(H,19,20). The van der Waals surface area contributed by atoms with Gasteiger partial charge in [0.2, 0.25) is 5.91 Å².